The predicted octanol–water partition coefficient (Wildman–Crippen LogP) is 3.79. The number of nitrogens with zero attached hydrogens (tertiary/aromatic N) is 1. The molecule has 0 aromatic heterocycles. The summed E-state index contributed by atoms with van der Waals surface area (Å²) < 4.78 is 33.3. The van der Waals surface area contributed by atoms with Crippen molar-refractivity contribution in [1.82, 2.24) is 15.4 Å². The van der Waals surface area contributed by atoms with E-state index in [0.717, 1.165) is 29.7 Å². The molecule has 0 atom stereocenters. The summed E-state index contributed by atoms with van der Waals surface area (Å²) in [6.07, 6.45) is 1.83. The van der Waals surface area contributed by atoms with Gasteiger partial charge in [-0.15, -0.1) is 24.0 Å². The Morgan fingerprint density at radius 3 is 2.25 bits per heavy atom. The summed E-state index contributed by atoms with van der Waals surface area (Å²) in [4.78, 5) is 4.56. The molecule has 2 aromatic carbocycles. The Bertz CT molecular complexity index is 1010. The third-order valence-electron chi connectivity index (χ3n) is 4.65. The van der Waals surface area contributed by atoms with E-state index in [9.17, 15) is 8.42 Å². The van der Waals surface area contributed by atoms with Gasteiger partial charge in [0.25, 0.3) is 0 Å². The standard InChI is InChI=1S/C23H32N4O3S.HI/c1-23(2,3)30-21-8-6-5-7-18(21)16-26-22(24-4)25-15-17-9-13-20(14-10-17)31(28,29)27-19-11-12-19;/h5-10,13-14,19,27H,11-12,15-16H2,1-4H3,(H2,24,25,26);1H. The minimum atomic E-state index is -3.42. The Kier molecular flexibility index (Phi) is 9.35. The molecular formula is C23H33IN4O3S. The van der Waals surface area contributed by atoms with Gasteiger partial charge in [-0.1, -0.05) is 30.3 Å². The third-order valence-corrected chi connectivity index (χ3v) is 6.19. The van der Waals surface area contributed by atoms with Gasteiger partial charge in [0.05, 0.1) is 4.90 Å². The summed E-state index contributed by atoms with van der Waals surface area (Å²) in [6, 6.07) is 14.9. The SMILES string of the molecule is CN=C(NCc1ccc(S(=O)(=O)NC2CC2)cc1)NCc1ccccc1OC(C)(C)C.I. The van der Waals surface area contributed by atoms with E-state index in [0.29, 0.717) is 23.9 Å². The molecule has 7 nitrogen and oxygen atoms in total. The van der Waals surface area contributed by atoms with Crippen LogP contribution in [0.2, 0.25) is 0 Å². The van der Waals surface area contributed by atoms with Gasteiger partial charge in [0.2, 0.25) is 10.0 Å². The summed E-state index contributed by atoms with van der Waals surface area (Å²) in [5, 5.41) is 6.56. The monoisotopic (exact) mass is 572 g/mol. The molecule has 0 saturated heterocycles. The second-order valence-corrected chi connectivity index (χ2v) is 10.4. The number of sulfonamides is 1. The molecule has 1 aliphatic rings. The lowest BCUT2D eigenvalue weighted by Crippen LogP contribution is -2.36. The topological polar surface area (TPSA) is 91.8 Å². The fraction of sp³-hybridized carbons (Fsp3) is 0.435. The molecule has 32 heavy (non-hydrogen) atoms. The van der Waals surface area contributed by atoms with Crippen LogP contribution in [-0.4, -0.2) is 33.1 Å². The average Bonchev–Trinajstić information content (AvgIpc) is 3.52. The molecule has 0 amide bonds. The van der Waals surface area contributed by atoms with Crippen molar-refractivity contribution < 1.29 is 13.2 Å². The van der Waals surface area contributed by atoms with Gasteiger partial charge >= 0.3 is 0 Å². The number of halogens is 1. The number of ether oxygens (including phenoxy) is 1. The lowest BCUT2D eigenvalue weighted by atomic mass is 10.1. The van der Waals surface area contributed by atoms with Crippen LogP contribution in [0.5, 0.6) is 5.75 Å². The Balaban J connectivity index is 0.00000363. The van der Waals surface area contributed by atoms with Crippen molar-refractivity contribution in [3.63, 3.8) is 0 Å². The number of rotatable bonds is 8. The Morgan fingerprint density at radius 2 is 1.66 bits per heavy atom. The third kappa shape index (κ3) is 8.25. The van der Waals surface area contributed by atoms with E-state index in [2.05, 4.69) is 20.3 Å². The maximum atomic E-state index is 12.3. The van der Waals surface area contributed by atoms with Crippen LogP contribution in [0.15, 0.2) is 58.4 Å². The van der Waals surface area contributed by atoms with Gasteiger partial charge in [0, 0.05) is 31.7 Å². The van der Waals surface area contributed by atoms with Gasteiger partial charge < -0.3 is 15.4 Å². The van der Waals surface area contributed by atoms with E-state index in [4.69, 9.17) is 4.74 Å². The average molecular weight is 573 g/mol. The van der Waals surface area contributed by atoms with Crippen molar-refractivity contribution >= 4 is 40.0 Å². The minimum absolute atomic E-state index is 0. The van der Waals surface area contributed by atoms with Crippen LogP contribution in [-0.2, 0) is 23.1 Å². The molecule has 176 valence electrons. The van der Waals surface area contributed by atoms with E-state index in [1.807, 2.05) is 57.2 Å². The highest BCUT2D eigenvalue weighted by Gasteiger charge is 2.27. The molecule has 0 spiro atoms. The smallest absolute Gasteiger partial charge is 0.240 e. The molecule has 3 N–H and O–H groups in total. The maximum Gasteiger partial charge on any atom is 0.240 e. The van der Waals surface area contributed by atoms with Crippen LogP contribution in [0.25, 0.3) is 0 Å². The molecule has 0 bridgehead atoms. The summed E-state index contributed by atoms with van der Waals surface area (Å²) in [5.41, 5.74) is 1.73. The maximum absolute atomic E-state index is 12.3. The Morgan fingerprint density at radius 1 is 1.03 bits per heavy atom. The normalized spacial score (nSPS) is 14.4. The molecule has 9 heteroatoms. The highest BCUT2D eigenvalue weighted by molar-refractivity contribution is 14.0. The van der Waals surface area contributed by atoms with Crippen LogP contribution in [0, 0.1) is 0 Å². The zero-order valence-electron chi connectivity index (χ0n) is 19.0. The molecule has 0 unspecified atom stereocenters. The number of hydrogen-bond donors (Lipinski definition) is 3. The Hall–Kier alpha value is -1.85. The number of para-hydroxylation sites is 1. The summed E-state index contributed by atoms with van der Waals surface area (Å²) in [7, 11) is -1.71. The molecule has 1 saturated carbocycles. The van der Waals surface area contributed by atoms with E-state index in [1.165, 1.54) is 0 Å². The highest BCUT2D eigenvalue weighted by atomic mass is 127. The van der Waals surface area contributed by atoms with Crippen molar-refractivity contribution in [2.75, 3.05) is 7.05 Å². The minimum Gasteiger partial charge on any atom is -0.488 e. The van der Waals surface area contributed by atoms with Gasteiger partial charge in [-0.05, 0) is 57.4 Å². The molecule has 0 heterocycles. The molecule has 1 aliphatic carbocycles. The largest absolute Gasteiger partial charge is 0.488 e. The van der Waals surface area contributed by atoms with Crippen LogP contribution in [0.4, 0.5) is 0 Å². The van der Waals surface area contributed by atoms with Crippen LogP contribution < -0.4 is 20.1 Å². The second-order valence-electron chi connectivity index (χ2n) is 8.64. The molecular weight excluding hydrogens is 539 g/mol. The fourth-order valence-electron chi connectivity index (χ4n) is 2.94. The Labute approximate surface area is 208 Å². The zero-order valence-corrected chi connectivity index (χ0v) is 22.2. The van der Waals surface area contributed by atoms with E-state index in [1.54, 1.807) is 19.2 Å². The number of hydrogen-bond acceptors (Lipinski definition) is 4. The van der Waals surface area contributed by atoms with Crippen LogP contribution >= 0.6 is 24.0 Å². The lowest BCUT2D eigenvalue weighted by Gasteiger charge is -2.23. The van der Waals surface area contributed by atoms with Gasteiger partial charge in [-0.3, -0.25) is 4.99 Å². The number of guanidine groups is 1. The number of aliphatic imine (C=N–C) groups is 1. The van der Waals surface area contributed by atoms with E-state index in [-0.39, 0.29) is 35.6 Å². The summed E-state index contributed by atoms with van der Waals surface area (Å²) in [5.74, 6) is 1.49. The van der Waals surface area contributed by atoms with Crippen molar-refractivity contribution in [2.45, 2.75) is 63.2 Å². The molecule has 3 rings (SSSR count). The fourth-order valence-corrected chi connectivity index (χ4v) is 4.24. The van der Waals surface area contributed by atoms with Crippen LogP contribution in [0.1, 0.15) is 44.7 Å². The first-order chi connectivity index (χ1) is 14.7. The number of benzene rings is 2. The quantitative estimate of drug-likeness (QED) is 0.255. The van der Waals surface area contributed by atoms with E-state index < -0.39 is 10.0 Å². The first-order valence-corrected chi connectivity index (χ1v) is 12.0. The van der Waals surface area contributed by atoms with Crippen molar-refractivity contribution in [1.29, 1.82) is 0 Å². The van der Waals surface area contributed by atoms with Crippen LogP contribution in [0.3, 0.4) is 0 Å². The first kappa shape index (κ1) is 26.4. The highest BCUT2D eigenvalue weighted by Crippen LogP contribution is 2.23. The first-order valence-electron chi connectivity index (χ1n) is 10.5. The molecule has 2 aromatic rings. The van der Waals surface area contributed by atoms with Gasteiger partial charge in [-0.2, -0.15) is 0 Å². The van der Waals surface area contributed by atoms with E-state index >= 15 is 0 Å². The molecule has 0 radical (unpaired) electrons. The summed E-state index contributed by atoms with van der Waals surface area (Å²) in [6.45, 7) is 7.16. The molecule has 1 fully saturated rings. The van der Waals surface area contributed by atoms with Gasteiger partial charge in [-0.25, -0.2) is 13.1 Å². The molecule has 0 aliphatic heterocycles. The summed E-state index contributed by atoms with van der Waals surface area (Å²) >= 11 is 0. The number of nitrogens with one attached hydrogen (secondary N) is 3. The lowest BCUT2D eigenvalue weighted by molar-refractivity contribution is 0.129. The van der Waals surface area contributed by atoms with Gasteiger partial charge in [0.1, 0.15) is 11.4 Å². The van der Waals surface area contributed by atoms with Crippen molar-refractivity contribution in [2.24, 2.45) is 4.99 Å². The predicted molar refractivity (Wildman–Crippen MR) is 139 cm³/mol. The van der Waals surface area contributed by atoms with Crippen molar-refractivity contribution in [3.8, 4) is 5.75 Å². The van der Waals surface area contributed by atoms with Gasteiger partial charge in [0.15, 0.2) is 5.96 Å². The second kappa shape index (κ2) is 11.3. The zero-order chi connectivity index (χ0) is 22.5. The van der Waals surface area contributed by atoms with Crippen molar-refractivity contribution in [3.05, 3.63) is 59.7 Å².